The number of anilines is 1. The summed E-state index contributed by atoms with van der Waals surface area (Å²) in [5.74, 6) is 0.766. The first-order chi connectivity index (χ1) is 13.3. The van der Waals surface area contributed by atoms with Gasteiger partial charge in [-0.05, 0) is 24.0 Å². The van der Waals surface area contributed by atoms with E-state index < -0.39 is 0 Å². The molecule has 0 unspecified atom stereocenters. The predicted molar refractivity (Wildman–Crippen MR) is 102 cm³/mol. The molecule has 3 heterocycles. The van der Waals surface area contributed by atoms with E-state index in [0.29, 0.717) is 6.04 Å². The molecule has 5 rings (SSSR count). The molecule has 0 saturated heterocycles. The number of hydrogen-bond donors (Lipinski definition) is 2. The van der Waals surface area contributed by atoms with Gasteiger partial charge in [0, 0.05) is 50.3 Å². The molecule has 2 aromatic heterocycles. The summed E-state index contributed by atoms with van der Waals surface area (Å²) in [5, 5.41) is 14.2. The first-order valence-corrected chi connectivity index (χ1v) is 9.58. The second kappa shape index (κ2) is 7.08. The van der Waals surface area contributed by atoms with E-state index in [9.17, 15) is 0 Å². The second-order valence-corrected chi connectivity index (χ2v) is 7.42. The lowest BCUT2D eigenvalue weighted by atomic mass is 10.1. The highest BCUT2D eigenvalue weighted by atomic mass is 15.3. The molecule has 1 aliphatic carbocycles. The van der Waals surface area contributed by atoms with Crippen molar-refractivity contribution in [2.75, 3.05) is 18.4 Å². The maximum atomic E-state index is 4.81. The van der Waals surface area contributed by atoms with Gasteiger partial charge in [-0.25, -0.2) is 9.97 Å². The fourth-order valence-electron chi connectivity index (χ4n) is 4.10. The highest BCUT2D eigenvalue weighted by Crippen LogP contribution is 2.24. The summed E-state index contributed by atoms with van der Waals surface area (Å²) in [5.41, 5.74) is 6.31. The lowest BCUT2D eigenvalue weighted by molar-refractivity contribution is 0.254. The van der Waals surface area contributed by atoms with Crippen molar-refractivity contribution in [1.82, 2.24) is 30.3 Å². The van der Waals surface area contributed by atoms with Gasteiger partial charge in [-0.2, -0.15) is 15.4 Å². The van der Waals surface area contributed by atoms with Crippen LogP contribution in [-0.4, -0.2) is 49.4 Å². The monoisotopic (exact) mass is 361 g/mol. The standard InChI is InChI=1S/C20H23N7/c1-2-4-15-10-18(9-14(15)3-1)23-20-21-11-16-13-27(8-6-19(16)24-20)7-5-17-12-22-26-25-17/h1-4,11-12,18H,5-10,13H2,(H,21,23,24)(H,22,25,26). The topological polar surface area (TPSA) is 82.6 Å². The Balaban J connectivity index is 1.20. The lowest BCUT2D eigenvalue weighted by Gasteiger charge is -2.27. The molecule has 0 amide bonds. The van der Waals surface area contributed by atoms with E-state index in [-0.39, 0.29) is 0 Å². The molecule has 1 aromatic carbocycles. The van der Waals surface area contributed by atoms with Crippen molar-refractivity contribution < 1.29 is 0 Å². The highest BCUT2D eigenvalue weighted by Gasteiger charge is 2.23. The third kappa shape index (κ3) is 3.55. The summed E-state index contributed by atoms with van der Waals surface area (Å²) in [7, 11) is 0. The number of benzene rings is 1. The maximum Gasteiger partial charge on any atom is 0.223 e. The van der Waals surface area contributed by atoms with Gasteiger partial charge in [0.05, 0.1) is 17.6 Å². The van der Waals surface area contributed by atoms with Gasteiger partial charge in [0.25, 0.3) is 0 Å². The Morgan fingerprint density at radius 2 is 1.96 bits per heavy atom. The molecule has 3 aromatic rings. The zero-order chi connectivity index (χ0) is 18.1. The molecule has 0 fully saturated rings. The summed E-state index contributed by atoms with van der Waals surface area (Å²) in [6.07, 6.45) is 7.76. The van der Waals surface area contributed by atoms with E-state index in [2.05, 4.69) is 54.9 Å². The van der Waals surface area contributed by atoms with Crippen molar-refractivity contribution in [2.45, 2.75) is 38.3 Å². The number of hydrogen-bond acceptors (Lipinski definition) is 6. The Labute approximate surface area is 158 Å². The first-order valence-electron chi connectivity index (χ1n) is 9.58. The molecule has 27 heavy (non-hydrogen) atoms. The highest BCUT2D eigenvalue weighted by molar-refractivity contribution is 5.39. The summed E-state index contributed by atoms with van der Waals surface area (Å²) >= 11 is 0. The fourth-order valence-corrected chi connectivity index (χ4v) is 4.10. The number of rotatable bonds is 5. The van der Waals surface area contributed by atoms with Gasteiger partial charge in [0.1, 0.15) is 0 Å². The Hall–Kier alpha value is -2.80. The minimum atomic E-state index is 0.392. The van der Waals surface area contributed by atoms with Crippen LogP contribution in [0.15, 0.2) is 36.7 Å². The van der Waals surface area contributed by atoms with Crippen LogP contribution < -0.4 is 5.32 Å². The SMILES string of the molecule is c1ccc2c(c1)CC(Nc1ncc3c(n1)CCN(CCc1cn[nH]n1)C3)C2. The molecule has 7 heteroatoms. The van der Waals surface area contributed by atoms with E-state index in [4.69, 9.17) is 4.98 Å². The van der Waals surface area contributed by atoms with Crippen molar-refractivity contribution in [3.8, 4) is 0 Å². The number of H-pyrrole nitrogens is 1. The predicted octanol–water partition coefficient (Wildman–Crippen LogP) is 1.77. The maximum absolute atomic E-state index is 4.81. The van der Waals surface area contributed by atoms with Gasteiger partial charge in [-0.3, -0.25) is 4.90 Å². The largest absolute Gasteiger partial charge is 0.351 e. The molecule has 0 radical (unpaired) electrons. The molecule has 0 spiro atoms. The van der Waals surface area contributed by atoms with Crippen LogP contribution in [0.3, 0.4) is 0 Å². The van der Waals surface area contributed by atoms with Crippen molar-refractivity contribution in [2.24, 2.45) is 0 Å². The Kier molecular flexibility index (Phi) is 4.29. The summed E-state index contributed by atoms with van der Waals surface area (Å²) in [6, 6.07) is 9.07. The van der Waals surface area contributed by atoms with E-state index in [1.165, 1.54) is 22.4 Å². The summed E-state index contributed by atoms with van der Waals surface area (Å²) < 4.78 is 0. The van der Waals surface area contributed by atoms with E-state index in [1.807, 2.05) is 6.20 Å². The average Bonchev–Trinajstić information content (AvgIpc) is 3.35. The minimum Gasteiger partial charge on any atom is -0.351 e. The smallest absolute Gasteiger partial charge is 0.223 e. The molecule has 7 nitrogen and oxygen atoms in total. The Bertz CT molecular complexity index is 897. The molecule has 0 atom stereocenters. The van der Waals surface area contributed by atoms with Crippen LogP contribution in [0.2, 0.25) is 0 Å². The number of nitrogens with one attached hydrogen (secondary N) is 2. The third-order valence-electron chi connectivity index (χ3n) is 5.55. The van der Waals surface area contributed by atoms with Crippen LogP contribution in [0, 0.1) is 0 Å². The zero-order valence-corrected chi connectivity index (χ0v) is 15.2. The van der Waals surface area contributed by atoms with Gasteiger partial charge < -0.3 is 5.32 Å². The van der Waals surface area contributed by atoms with Crippen LogP contribution in [0.1, 0.15) is 28.1 Å². The number of aromatic amines is 1. The van der Waals surface area contributed by atoms with Crippen LogP contribution in [0.25, 0.3) is 0 Å². The van der Waals surface area contributed by atoms with Crippen LogP contribution in [0.4, 0.5) is 5.95 Å². The number of aromatic nitrogens is 5. The first kappa shape index (κ1) is 16.4. The van der Waals surface area contributed by atoms with E-state index in [1.54, 1.807) is 6.20 Å². The van der Waals surface area contributed by atoms with Crippen molar-refractivity contribution in [1.29, 1.82) is 0 Å². The zero-order valence-electron chi connectivity index (χ0n) is 15.2. The summed E-state index contributed by atoms with van der Waals surface area (Å²) in [4.78, 5) is 11.8. The molecule has 0 bridgehead atoms. The van der Waals surface area contributed by atoms with Crippen molar-refractivity contribution in [3.05, 3.63) is 64.7 Å². The quantitative estimate of drug-likeness (QED) is 0.721. The average molecular weight is 361 g/mol. The van der Waals surface area contributed by atoms with Crippen LogP contribution >= 0.6 is 0 Å². The van der Waals surface area contributed by atoms with Gasteiger partial charge in [0.2, 0.25) is 5.95 Å². The van der Waals surface area contributed by atoms with Gasteiger partial charge in [0.15, 0.2) is 0 Å². The van der Waals surface area contributed by atoms with Gasteiger partial charge >= 0.3 is 0 Å². The van der Waals surface area contributed by atoms with Crippen molar-refractivity contribution in [3.63, 3.8) is 0 Å². The lowest BCUT2D eigenvalue weighted by Crippen LogP contribution is -2.33. The van der Waals surface area contributed by atoms with E-state index >= 15 is 0 Å². The van der Waals surface area contributed by atoms with Crippen LogP contribution in [-0.2, 0) is 32.2 Å². The Morgan fingerprint density at radius 1 is 1.11 bits per heavy atom. The molecular formula is C20H23N7. The molecule has 0 saturated carbocycles. The van der Waals surface area contributed by atoms with Crippen LogP contribution in [0.5, 0.6) is 0 Å². The summed E-state index contributed by atoms with van der Waals surface area (Å²) in [6.45, 7) is 2.91. The molecule has 2 aliphatic rings. The Morgan fingerprint density at radius 3 is 2.74 bits per heavy atom. The normalized spacial score (nSPS) is 16.9. The minimum absolute atomic E-state index is 0.392. The van der Waals surface area contributed by atoms with Gasteiger partial charge in [-0.15, -0.1) is 0 Å². The molecule has 138 valence electrons. The van der Waals surface area contributed by atoms with Crippen molar-refractivity contribution >= 4 is 5.95 Å². The van der Waals surface area contributed by atoms with Gasteiger partial charge in [-0.1, -0.05) is 24.3 Å². The number of nitrogens with zero attached hydrogens (tertiary/aromatic N) is 5. The molecular weight excluding hydrogens is 338 g/mol. The molecule has 1 aliphatic heterocycles. The fraction of sp³-hybridized carbons (Fsp3) is 0.400. The molecule has 2 N–H and O–H groups in total. The second-order valence-electron chi connectivity index (χ2n) is 7.42. The number of fused-ring (bicyclic) bond motifs is 2. The third-order valence-corrected chi connectivity index (χ3v) is 5.55. The van der Waals surface area contributed by atoms with E-state index in [0.717, 1.165) is 57.0 Å².